The van der Waals surface area contributed by atoms with Crippen LogP contribution in [0.5, 0.6) is 5.75 Å². The highest BCUT2D eigenvalue weighted by atomic mass is 127. The molecule has 0 fully saturated rings. The summed E-state index contributed by atoms with van der Waals surface area (Å²) in [7, 11) is 2.86. The maximum Gasteiger partial charge on any atom is 0.193 e. The van der Waals surface area contributed by atoms with Crippen LogP contribution in [-0.2, 0) is 10.8 Å². The van der Waals surface area contributed by atoms with Crippen LogP contribution in [0.4, 0.5) is 0 Å². The molecule has 25 heavy (non-hydrogen) atoms. The van der Waals surface area contributed by atoms with E-state index in [4.69, 9.17) is 4.74 Å². The average Bonchev–Trinajstić information content (AvgIpc) is 2.52. The molecule has 1 aromatic rings. The predicted octanol–water partition coefficient (Wildman–Crippen LogP) is 3.05. The molecule has 0 saturated carbocycles. The van der Waals surface area contributed by atoms with Gasteiger partial charge in [-0.2, -0.15) is 0 Å². The molecule has 0 amide bonds. The van der Waals surface area contributed by atoms with Crippen LogP contribution in [0.2, 0.25) is 0 Å². The van der Waals surface area contributed by atoms with Crippen LogP contribution in [0.25, 0.3) is 0 Å². The summed E-state index contributed by atoms with van der Waals surface area (Å²) in [4.78, 5) is 6.27. The Morgan fingerprint density at radius 1 is 1.28 bits per heavy atom. The number of aliphatic imine (C=N–C) groups is 1. The third kappa shape index (κ3) is 9.44. The molecule has 0 aliphatic heterocycles. The summed E-state index contributed by atoms with van der Waals surface area (Å²) in [5.41, 5.74) is 1.22. The number of guanidine groups is 1. The lowest BCUT2D eigenvalue weighted by Gasteiger charge is -2.23. The summed E-state index contributed by atoms with van der Waals surface area (Å²) in [6, 6.07) is 8.03. The fourth-order valence-corrected chi connectivity index (χ4v) is 2.89. The maximum atomic E-state index is 12.1. The minimum atomic E-state index is -0.862. The highest BCUT2D eigenvalue weighted by molar-refractivity contribution is 14.0. The highest BCUT2D eigenvalue weighted by Gasteiger charge is 2.18. The van der Waals surface area contributed by atoms with Crippen LogP contribution in [0.15, 0.2) is 29.3 Å². The van der Waals surface area contributed by atoms with Crippen LogP contribution in [0.3, 0.4) is 0 Å². The van der Waals surface area contributed by atoms with Gasteiger partial charge in [-0.05, 0) is 39.8 Å². The molecule has 1 atom stereocenters. The molecule has 7 heteroatoms. The number of nitrogens with zero attached hydrogens (tertiary/aromatic N) is 2. The standard InChI is InChI=1S/C18H31N3O2S.HI/c1-15-7-9-16(10-8-15)23-13-12-21(6)17(19-5)20-11-14-24(22)18(2,3)4;/h7-10H,11-14H2,1-6H3,(H,19,20);1H. The lowest BCUT2D eigenvalue weighted by atomic mass is 10.2. The molecule has 0 heterocycles. The summed E-state index contributed by atoms with van der Waals surface area (Å²) < 4.78 is 17.6. The van der Waals surface area contributed by atoms with Crippen molar-refractivity contribution in [3.05, 3.63) is 29.8 Å². The fourth-order valence-electron chi connectivity index (χ4n) is 1.99. The van der Waals surface area contributed by atoms with E-state index in [2.05, 4.69) is 17.2 Å². The Bertz CT molecular complexity index is 556. The number of rotatable bonds is 7. The number of ether oxygens (including phenoxy) is 1. The van der Waals surface area contributed by atoms with Crippen LogP contribution in [0.1, 0.15) is 26.3 Å². The molecular formula is C18H32IN3O2S. The molecule has 144 valence electrons. The third-order valence-corrected chi connectivity index (χ3v) is 5.48. The summed E-state index contributed by atoms with van der Waals surface area (Å²) in [6.07, 6.45) is 0. The van der Waals surface area contributed by atoms with E-state index >= 15 is 0 Å². The van der Waals surface area contributed by atoms with E-state index in [9.17, 15) is 4.21 Å². The SMILES string of the molecule is CN=C(NCCS(=O)C(C)(C)C)N(C)CCOc1ccc(C)cc1.I. The van der Waals surface area contributed by atoms with E-state index < -0.39 is 10.8 Å². The van der Waals surface area contributed by atoms with Gasteiger partial charge < -0.3 is 15.0 Å². The van der Waals surface area contributed by atoms with Gasteiger partial charge in [0.15, 0.2) is 5.96 Å². The number of benzene rings is 1. The molecule has 0 aliphatic carbocycles. The Morgan fingerprint density at radius 2 is 1.88 bits per heavy atom. The molecule has 0 bridgehead atoms. The zero-order chi connectivity index (χ0) is 18.2. The number of hydrogen-bond acceptors (Lipinski definition) is 3. The van der Waals surface area contributed by atoms with Crippen LogP contribution >= 0.6 is 24.0 Å². The van der Waals surface area contributed by atoms with Crippen molar-refractivity contribution in [2.75, 3.05) is 39.5 Å². The Morgan fingerprint density at radius 3 is 2.40 bits per heavy atom. The van der Waals surface area contributed by atoms with Crippen LogP contribution < -0.4 is 10.1 Å². The Kier molecular flexibility index (Phi) is 11.3. The van der Waals surface area contributed by atoms with Crippen molar-refractivity contribution in [3.8, 4) is 5.75 Å². The molecule has 0 saturated heterocycles. The van der Waals surface area contributed by atoms with Crippen molar-refractivity contribution in [1.29, 1.82) is 0 Å². The van der Waals surface area contributed by atoms with E-state index in [1.54, 1.807) is 7.05 Å². The number of nitrogens with one attached hydrogen (secondary N) is 1. The normalized spacial score (nSPS) is 13.0. The van der Waals surface area contributed by atoms with Crippen molar-refractivity contribution in [2.24, 2.45) is 4.99 Å². The van der Waals surface area contributed by atoms with Crippen LogP contribution in [0, 0.1) is 6.92 Å². The first-order valence-electron chi connectivity index (χ1n) is 8.24. The van der Waals surface area contributed by atoms with Gasteiger partial charge in [-0.15, -0.1) is 24.0 Å². The minimum absolute atomic E-state index is 0. The summed E-state index contributed by atoms with van der Waals surface area (Å²) >= 11 is 0. The summed E-state index contributed by atoms with van der Waals surface area (Å²) in [5, 5.41) is 3.26. The maximum absolute atomic E-state index is 12.1. The van der Waals surface area contributed by atoms with Gasteiger partial charge >= 0.3 is 0 Å². The molecular weight excluding hydrogens is 449 g/mol. The van der Waals surface area contributed by atoms with Crippen molar-refractivity contribution >= 4 is 40.7 Å². The largest absolute Gasteiger partial charge is 0.492 e. The monoisotopic (exact) mass is 481 g/mol. The molecule has 1 N–H and O–H groups in total. The van der Waals surface area contributed by atoms with Crippen LogP contribution in [-0.4, -0.2) is 59.4 Å². The Hall–Kier alpha value is -0.830. The fraction of sp³-hybridized carbons (Fsp3) is 0.611. The van der Waals surface area contributed by atoms with Gasteiger partial charge in [0.1, 0.15) is 12.4 Å². The summed E-state index contributed by atoms with van der Waals surface area (Å²) in [6.45, 7) is 9.97. The second-order valence-corrected chi connectivity index (χ2v) is 9.04. The average molecular weight is 481 g/mol. The Labute approximate surface area is 172 Å². The topological polar surface area (TPSA) is 53.9 Å². The van der Waals surface area contributed by atoms with E-state index in [0.717, 1.165) is 18.3 Å². The van der Waals surface area contributed by atoms with E-state index in [1.165, 1.54) is 5.56 Å². The zero-order valence-electron chi connectivity index (χ0n) is 16.2. The van der Waals surface area contributed by atoms with Gasteiger partial charge in [0, 0.05) is 41.9 Å². The second-order valence-electron chi connectivity index (χ2n) is 6.72. The molecule has 0 spiro atoms. The van der Waals surface area contributed by atoms with E-state index in [-0.39, 0.29) is 28.7 Å². The molecule has 1 unspecified atom stereocenters. The minimum Gasteiger partial charge on any atom is -0.492 e. The third-order valence-electron chi connectivity index (χ3n) is 3.54. The van der Waals surface area contributed by atoms with Crippen molar-refractivity contribution in [1.82, 2.24) is 10.2 Å². The highest BCUT2D eigenvalue weighted by Crippen LogP contribution is 2.11. The molecule has 1 rings (SSSR count). The quantitative estimate of drug-likeness (QED) is 0.370. The lowest BCUT2D eigenvalue weighted by molar-refractivity contribution is 0.281. The zero-order valence-corrected chi connectivity index (χ0v) is 19.3. The molecule has 5 nitrogen and oxygen atoms in total. The van der Waals surface area contributed by atoms with E-state index in [1.807, 2.05) is 57.0 Å². The first kappa shape index (κ1) is 24.2. The second kappa shape index (κ2) is 11.7. The lowest BCUT2D eigenvalue weighted by Crippen LogP contribution is -2.43. The van der Waals surface area contributed by atoms with Gasteiger partial charge in [0.25, 0.3) is 0 Å². The van der Waals surface area contributed by atoms with Crippen molar-refractivity contribution in [3.63, 3.8) is 0 Å². The number of halogens is 1. The Balaban J connectivity index is 0.00000576. The summed E-state index contributed by atoms with van der Waals surface area (Å²) in [5.74, 6) is 2.27. The smallest absolute Gasteiger partial charge is 0.193 e. The first-order chi connectivity index (χ1) is 11.2. The van der Waals surface area contributed by atoms with Crippen molar-refractivity contribution < 1.29 is 8.95 Å². The number of aryl methyl sites for hydroxylation is 1. The number of likely N-dealkylation sites (N-methyl/N-ethyl adjacent to an activating group) is 1. The van der Waals surface area contributed by atoms with Gasteiger partial charge in [-0.3, -0.25) is 9.20 Å². The van der Waals surface area contributed by atoms with E-state index in [0.29, 0.717) is 18.9 Å². The van der Waals surface area contributed by atoms with Crippen molar-refractivity contribution in [2.45, 2.75) is 32.4 Å². The molecule has 0 aliphatic rings. The first-order valence-corrected chi connectivity index (χ1v) is 9.55. The molecule has 0 aromatic heterocycles. The van der Waals surface area contributed by atoms with Gasteiger partial charge in [-0.25, -0.2) is 0 Å². The van der Waals surface area contributed by atoms with Gasteiger partial charge in [0.2, 0.25) is 0 Å². The molecule has 1 aromatic carbocycles. The molecule has 0 radical (unpaired) electrons. The number of hydrogen-bond donors (Lipinski definition) is 1. The van der Waals surface area contributed by atoms with Gasteiger partial charge in [-0.1, -0.05) is 17.7 Å². The van der Waals surface area contributed by atoms with Gasteiger partial charge in [0.05, 0.1) is 6.54 Å². The predicted molar refractivity (Wildman–Crippen MR) is 119 cm³/mol.